The predicted molar refractivity (Wildman–Crippen MR) is 67.0 cm³/mol. The minimum atomic E-state index is -1.12. The summed E-state index contributed by atoms with van der Waals surface area (Å²) >= 11 is 0. The van der Waals surface area contributed by atoms with Crippen molar-refractivity contribution in [2.75, 3.05) is 6.54 Å². The summed E-state index contributed by atoms with van der Waals surface area (Å²) in [4.78, 5) is 35.6. The number of amides is 3. The third-order valence-electron chi connectivity index (χ3n) is 3.03. The maximum Gasteiger partial charge on any atom is 0.404 e. The Hall–Kier alpha value is -2.37. The molecule has 0 aromatic heterocycles. The molecule has 100 valence electrons. The normalized spacial score (nSPS) is 15.3. The second-order valence-electron chi connectivity index (χ2n) is 4.45. The SMILES string of the molecule is CC(CCN1C(=O)c2ccccc2C1=O)NC(=O)O. The lowest BCUT2D eigenvalue weighted by atomic mass is 10.1. The van der Waals surface area contributed by atoms with Crippen LogP contribution in [0.25, 0.3) is 0 Å². The molecule has 1 aromatic rings. The summed E-state index contributed by atoms with van der Waals surface area (Å²) in [5.41, 5.74) is 0.817. The minimum absolute atomic E-state index is 0.202. The van der Waals surface area contributed by atoms with Crippen LogP contribution in [0.2, 0.25) is 0 Å². The van der Waals surface area contributed by atoms with E-state index in [0.717, 1.165) is 4.90 Å². The second-order valence-corrected chi connectivity index (χ2v) is 4.45. The molecule has 0 radical (unpaired) electrons. The van der Waals surface area contributed by atoms with Gasteiger partial charge in [-0.05, 0) is 25.5 Å². The van der Waals surface area contributed by atoms with Crippen LogP contribution in [0, 0.1) is 0 Å². The van der Waals surface area contributed by atoms with Gasteiger partial charge in [0.05, 0.1) is 11.1 Å². The summed E-state index contributed by atoms with van der Waals surface area (Å²) in [5.74, 6) is -0.633. The van der Waals surface area contributed by atoms with Crippen molar-refractivity contribution in [3.8, 4) is 0 Å². The number of carbonyl (C=O) groups is 3. The van der Waals surface area contributed by atoms with Crippen LogP contribution >= 0.6 is 0 Å². The van der Waals surface area contributed by atoms with E-state index in [1.807, 2.05) is 0 Å². The average molecular weight is 262 g/mol. The van der Waals surface area contributed by atoms with E-state index in [-0.39, 0.29) is 24.4 Å². The lowest BCUT2D eigenvalue weighted by molar-refractivity contribution is 0.0650. The second kappa shape index (κ2) is 5.09. The molecule has 0 bridgehead atoms. The Labute approximate surface area is 110 Å². The fourth-order valence-electron chi connectivity index (χ4n) is 2.05. The zero-order valence-electron chi connectivity index (χ0n) is 10.4. The fourth-order valence-corrected chi connectivity index (χ4v) is 2.05. The Kier molecular flexibility index (Phi) is 3.50. The van der Waals surface area contributed by atoms with Gasteiger partial charge < -0.3 is 10.4 Å². The van der Waals surface area contributed by atoms with Crippen LogP contribution in [0.5, 0.6) is 0 Å². The van der Waals surface area contributed by atoms with E-state index in [4.69, 9.17) is 5.11 Å². The van der Waals surface area contributed by atoms with Crippen molar-refractivity contribution < 1.29 is 19.5 Å². The molecule has 0 aliphatic carbocycles. The van der Waals surface area contributed by atoms with Gasteiger partial charge in [-0.2, -0.15) is 0 Å². The number of hydrogen-bond acceptors (Lipinski definition) is 3. The van der Waals surface area contributed by atoms with Gasteiger partial charge >= 0.3 is 6.09 Å². The molecule has 0 saturated heterocycles. The molecule has 19 heavy (non-hydrogen) atoms. The molecule has 1 atom stereocenters. The van der Waals surface area contributed by atoms with Gasteiger partial charge in [-0.1, -0.05) is 12.1 Å². The van der Waals surface area contributed by atoms with Gasteiger partial charge in [0.2, 0.25) is 0 Å². The molecule has 6 heteroatoms. The number of rotatable bonds is 4. The molecule has 0 spiro atoms. The number of benzene rings is 1. The number of carboxylic acid groups (broad SMARTS) is 1. The van der Waals surface area contributed by atoms with Crippen molar-refractivity contribution >= 4 is 17.9 Å². The van der Waals surface area contributed by atoms with Crippen LogP contribution in [-0.4, -0.2) is 40.5 Å². The van der Waals surface area contributed by atoms with Crippen molar-refractivity contribution in [2.24, 2.45) is 0 Å². The van der Waals surface area contributed by atoms with Crippen molar-refractivity contribution in [3.63, 3.8) is 0 Å². The van der Waals surface area contributed by atoms with Gasteiger partial charge in [-0.25, -0.2) is 4.79 Å². The number of carbonyl (C=O) groups excluding carboxylic acids is 2. The number of nitrogens with zero attached hydrogens (tertiary/aromatic N) is 1. The molecule has 1 unspecified atom stereocenters. The third kappa shape index (κ3) is 2.57. The Bertz CT molecular complexity index is 506. The smallest absolute Gasteiger partial charge is 0.404 e. The largest absolute Gasteiger partial charge is 0.465 e. The highest BCUT2D eigenvalue weighted by molar-refractivity contribution is 6.21. The van der Waals surface area contributed by atoms with Gasteiger partial charge in [0.1, 0.15) is 0 Å². The van der Waals surface area contributed by atoms with Gasteiger partial charge in [0.25, 0.3) is 11.8 Å². The molecule has 3 amide bonds. The predicted octanol–water partition coefficient (Wildman–Crippen LogP) is 1.33. The first-order chi connectivity index (χ1) is 9.00. The summed E-state index contributed by atoms with van der Waals surface area (Å²) < 4.78 is 0. The number of imide groups is 1. The van der Waals surface area contributed by atoms with Crippen LogP contribution in [0.4, 0.5) is 4.79 Å². The molecule has 2 N–H and O–H groups in total. The van der Waals surface area contributed by atoms with E-state index < -0.39 is 6.09 Å². The maximum atomic E-state index is 12.0. The van der Waals surface area contributed by atoms with Crippen molar-refractivity contribution in [1.82, 2.24) is 10.2 Å². The summed E-state index contributed by atoms with van der Waals surface area (Å²) in [6, 6.07) is 6.34. The molecule has 2 rings (SSSR count). The molecule has 1 aliphatic heterocycles. The lowest BCUT2D eigenvalue weighted by Crippen LogP contribution is -2.37. The lowest BCUT2D eigenvalue weighted by Gasteiger charge is -2.17. The van der Waals surface area contributed by atoms with E-state index in [0.29, 0.717) is 17.5 Å². The molecule has 0 fully saturated rings. The van der Waals surface area contributed by atoms with E-state index in [2.05, 4.69) is 5.32 Å². The highest BCUT2D eigenvalue weighted by Crippen LogP contribution is 2.22. The topological polar surface area (TPSA) is 86.7 Å². The Morgan fingerprint density at radius 1 is 1.26 bits per heavy atom. The van der Waals surface area contributed by atoms with Crippen molar-refractivity contribution in [1.29, 1.82) is 0 Å². The van der Waals surface area contributed by atoms with Gasteiger partial charge in [0, 0.05) is 12.6 Å². The van der Waals surface area contributed by atoms with Gasteiger partial charge in [-0.15, -0.1) is 0 Å². The monoisotopic (exact) mass is 262 g/mol. The number of hydrogen-bond donors (Lipinski definition) is 2. The summed E-state index contributed by atoms with van der Waals surface area (Å²) in [5, 5.41) is 10.8. The Morgan fingerprint density at radius 2 is 1.79 bits per heavy atom. The molecule has 1 heterocycles. The quantitative estimate of drug-likeness (QED) is 0.801. The zero-order chi connectivity index (χ0) is 14.0. The standard InChI is InChI=1S/C13H14N2O4/c1-8(14-13(18)19)6-7-15-11(16)9-4-2-3-5-10(9)12(15)17/h2-5,8,14H,6-7H2,1H3,(H,18,19). The minimum Gasteiger partial charge on any atom is -0.465 e. The van der Waals surface area contributed by atoms with Gasteiger partial charge in [0.15, 0.2) is 0 Å². The first-order valence-corrected chi connectivity index (χ1v) is 5.95. The van der Waals surface area contributed by atoms with Crippen LogP contribution in [0.1, 0.15) is 34.1 Å². The Morgan fingerprint density at radius 3 is 2.26 bits per heavy atom. The highest BCUT2D eigenvalue weighted by atomic mass is 16.4. The van der Waals surface area contributed by atoms with E-state index in [9.17, 15) is 14.4 Å². The first kappa shape index (κ1) is 13.1. The molecule has 1 aliphatic rings. The number of nitrogens with one attached hydrogen (secondary N) is 1. The van der Waals surface area contributed by atoms with Crippen LogP contribution in [-0.2, 0) is 0 Å². The van der Waals surface area contributed by atoms with Crippen LogP contribution in [0.15, 0.2) is 24.3 Å². The Balaban J connectivity index is 2.02. The summed E-state index contributed by atoms with van der Waals surface area (Å²) in [7, 11) is 0. The van der Waals surface area contributed by atoms with Crippen LogP contribution < -0.4 is 5.32 Å². The van der Waals surface area contributed by atoms with Gasteiger partial charge in [-0.3, -0.25) is 14.5 Å². The molecule has 0 saturated carbocycles. The third-order valence-corrected chi connectivity index (χ3v) is 3.03. The first-order valence-electron chi connectivity index (χ1n) is 5.95. The number of fused-ring (bicyclic) bond motifs is 1. The van der Waals surface area contributed by atoms with E-state index in [1.165, 1.54) is 0 Å². The molecule has 1 aromatic carbocycles. The summed E-state index contributed by atoms with van der Waals surface area (Å²) in [6.45, 7) is 1.89. The molecule has 6 nitrogen and oxygen atoms in total. The van der Waals surface area contributed by atoms with Crippen LogP contribution in [0.3, 0.4) is 0 Å². The highest BCUT2D eigenvalue weighted by Gasteiger charge is 2.34. The zero-order valence-corrected chi connectivity index (χ0v) is 10.4. The van der Waals surface area contributed by atoms with Crippen molar-refractivity contribution in [3.05, 3.63) is 35.4 Å². The summed E-state index contributed by atoms with van der Waals surface area (Å²) in [6.07, 6.45) is -0.729. The van der Waals surface area contributed by atoms with E-state index in [1.54, 1.807) is 31.2 Å². The molecular weight excluding hydrogens is 248 g/mol. The fraction of sp³-hybridized carbons (Fsp3) is 0.308. The average Bonchev–Trinajstić information content (AvgIpc) is 2.60. The molecular formula is C13H14N2O4. The van der Waals surface area contributed by atoms with Crippen molar-refractivity contribution in [2.45, 2.75) is 19.4 Å². The maximum absolute atomic E-state index is 12.0. The van der Waals surface area contributed by atoms with E-state index >= 15 is 0 Å².